The first kappa shape index (κ1) is 15.8. The van der Waals surface area contributed by atoms with E-state index in [2.05, 4.69) is 10.3 Å². The van der Waals surface area contributed by atoms with Crippen molar-refractivity contribution in [3.63, 3.8) is 0 Å². The fourth-order valence-electron chi connectivity index (χ4n) is 2.28. The lowest BCUT2D eigenvalue weighted by Crippen LogP contribution is -2.37. The standard InChI is InChI=1S/C14H12F3N3O2S/c15-9-7-8(13(21)19-14-18-1-6-23-14)10(16)11(17)12(9)20-2-4-22-5-3-20/h1,6-7H,2-5H2,(H,18,19,21). The number of amides is 1. The van der Waals surface area contributed by atoms with Crippen LogP contribution >= 0.6 is 11.3 Å². The second-order valence-corrected chi connectivity index (χ2v) is 5.67. The van der Waals surface area contributed by atoms with E-state index < -0.39 is 34.6 Å². The van der Waals surface area contributed by atoms with Crippen LogP contribution in [-0.4, -0.2) is 37.2 Å². The molecule has 1 saturated heterocycles. The van der Waals surface area contributed by atoms with Crippen LogP contribution < -0.4 is 10.2 Å². The summed E-state index contributed by atoms with van der Waals surface area (Å²) < 4.78 is 47.8. The van der Waals surface area contributed by atoms with E-state index in [1.54, 1.807) is 5.38 Å². The minimum atomic E-state index is -1.39. The molecule has 0 saturated carbocycles. The van der Waals surface area contributed by atoms with E-state index in [9.17, 15) is 18.0 Å². The van der Waals surface area contributed by atoms with Gasteiger partial charge in [-0.25, -0.2) is 18.2 Å². The van der Waals surface area contributed by atoms with Crippen LogP contribution in [0.5, 0.6) is 0 Å². The number of nitrogens with zero attached hydrogens (tertiary/aromatic N) is 2. The highest BCUT2D eigenvalue weighted by Gasteiger charge is 2.27. The molecular formula is C14H12F3N3O2S. The maximum absolute atomic E-state index is 14.3. The van der Waals surface area contributed by atoms with Crippen molar-refractivity contribution in [2.45, 2.75) is 0 Å². The van der Waals surface area contributed by atoms with Crippen molar-refractivity contribution in [3.05, 3.63) is 40.7 Å². The van der Waals surface area contributed by atoms with Crippen molar-refractivity contribution in [2.24, 2.45) is 0 Å². The second kappa shape index (κ2) is 6.55. The summed E-state index contributed by atoms with van der Waals surface area (Å²) in [6.07, 6.45) is 1.44. The SMILES string of the molecule is O=C(Nc1nccs1)c1cc(F)c(N2CCOCC2)c(F)c1F. The summed E-state index contributed by atoms with van der Waals surface area (Å²) in [4.78, 5) is 17.1. The average molecular weight is 343 g/mol. The zero-order chi connectivity index (χ0) is 16.4. The first-order chi connectivity index (χ1) is 11.1. The predicted molar refractivity (Wildman–Crippen MR) is 79.4 cm³/mol. The third-order valence-corrected chi connectivity index (χ3v) is 4.05. The Morgan fingerprint density at radius 3 is 2.65 bits per heavy atom. The van der Waals surface area contributed by atoms with E-state index in [1.165, 1.54) is 11.1 Å². The minimum absolute atomic E-state index is 0.215. The number of thiazole rings is 1. The molecule has 0 atom stereocenters. The first-order valence-electron chi connectivity index (χ1n) is 6.79. The Bertz CT molecular complexity index is 719. The number of anilines is 2. The predicted octanol–water partition coefficient (Wildman–Crippen LogP) is 2.65. The molecule has 1 aliphatic rings. The van der Waals surface area contributed by atoms with Gasteiger partial charge in [0, 0.05) is 24.7 Å². The monoisotopic (exact) mass is 343 g/mol. The molecule has 1 N–H and O–H groups in total. The lowest BCUT2D eigenvalue weighted by molar-refractivity contribution is 0.102. The van der Waals surface area contributed by atoms with Crippen LogP contribution in [0.2, 0.25) is 0 Å². The van der Waals surface area contributed by atoms with E-state index in [4.69, 9.17) is 4.74 Å². The molecule has 5 nitrogen and oxygen atoms in total. The van der Waals surface area contributed by atoms with Crippen molar-refractivity contribution in [2.75, 3.05) is 36.5 Å². The van der Waals surface area contributed by atoms with Crippen LogP contribution in [0.1, 0.15) is 10.4 Å². The molecule has 1 aliphatic heterocycles. The number of aromatic nitrogens is 1. The maximum Gasteiger partial charge on any atom is 0.260 e. The molecule has 3 rings (SSSR count). The quantitative estimate of drug-likeness (QED) is 0.871. The topological polar surface area (TPSA) is 54.5 Å². The van der Waals surface area contributed by atoms with Crippen LogP contribution in [0, 0.1) is 17.5 Å². The van der Waals surface area contributed by atoms with Gasteiger partial charge >= 0.3 is 0 Å². The van der Waals surface area contributed by atoms with Crippen LogP contribution in [0.4, 0.5) is 24.0 Å². The average Bonchev–Trinajstić information content (AvgIpc) is 3.05. The summed E-state index contributed by atoms with van der Waals surface area (Å²) >= 11 is 1.11. The van der Waals surface area contributed by atoms with Crippen LogP contribution in [0.3, 0.4) is 0 Å². The number of rotatable bonds is 3. The lowest BCUT2D eigenvalue weighted by Gasteiger charge is -2.29. The Kier molecular flexibility index (Phi) is 4.49. The van der Waals surface area contributed by atoms with Crippen molar-refractivity contribution >= 4 is 28.1 Å². The Balaban J connectivity index is 1.92. The van der Waals surface area contributed by atoms with Gasteiger partial charge in [0.1, 0.15) is 5.69 Å². The van der Waals surface area contributed by atoms with Gasteiger partial charge in [-0.15, -0.1) is 11.3 Å². The van der Waals surface area contributed by atoms with Crippen molar-refractivity contribution in [3.8, 4) is 0 Å². The fourth-order valence-corrected chi connectivity index (χ4v) is 2.80. The number of morpholine rings is 1. The number of benzene rings is 1. The highest BCUT2D eigenvalue weighted by Crippen LogP contribution is 2.29. The Labute approximate surface area is 133 Å². The van der Waals surface area contributed by atoms with Gasteiger partial charge < -0.3 is 9.64 Å². The summed E-state index contributed by atoms with van der Waals surface area (Å²) in [5, 5.41) is 4.12. The van der Waals surface area contributed by atoms with E-state index in [1.807, 2.05) is 0 Å². The summed E-state index contributed by atoms with van der Waals surface area (Å²) in [7, 11) is 0. The third-order valence-electron chi connectivity index (χ3n) is 3.36. The Hall–Kier alpha value is -2.13. The van der Waals surface area contributed by atoms with Gasteiger partial charge in [0.25, 0.3) is 5.91 Å². The molecule has 9 heteroatoms. The third kappa shape index (κ3) is 3.15. The molecule has 1 aromatic heterocycles. The molecule has 2 aromatic rings. The molecule has 122 valence electrons. The molecule has 1 aromatic carbocycles. The molecule has 0 unspecified atom stereocenters. The Morgan fingerprint density at radius 2 is 2.00 bits per heavy atom. The normalized spacial score (nSPS) is 14.8. The summed E-state index contributed by atoms with van der Waals surface area (Å²) in [5.74, 6) is -4.71. The van der Waals surface area contributed by atoms with E-state index in [-0.39, 0.29) is 18.2 Å². The number of nitrogens with one attached hydrogen (secondary N) is 1. The van der Waals surface area contributed by atoms with Gasteiger partial charge in [0.05, 0.1) is 18.8 Å². The summed E-state index contributed by atoms with van der Waals surface area (Å²) in [6.45, 7) is 1.09. The molecule has 23 heavy (non-hydrogen) atoms. The molecule has 0 bridgehead atoms. The van der Waals surface area contributed by atoms with Crippen molar-refractivity contribution < 1.29 is 22.7 Å². The molecule has 0 spiro atoms. The van der Waals surface area contributed by atoms with Gasteiger partial charge in [0.15, 0.2) is 22.6 Å². The second-order valence-electron chi connectivity index (χ2n) is 4.77. The maximum atomic E-state index is 14.3. The highest BCUT2D eigenvalue weighted by atomic mass is 32.1. The number of ether oxygens (including phenoxy) is 1. The van der Waals surface area contributed by atoms with Gasteiger partial charge in [-0.1, -0.05) is 0 Å². The molecule has 1 fully saturated rings. The fraction of sp³-hybridized carbons (Fsp3) is 0.286. The number of carbonyl (C=O) groups excluding carboxylic acids is 1. The van der Waals surface area contributed by atoms with E-state index in [0.717, 1.165) is 11.3 Å². The number of carbonyl (C=O) groups is 1. The first-order valence-corrected chi connectivity index (χ1v) is 7.67. The van der Waals surface area contributed by atoms with Crippen molar-refractivity contribution in [1.82, 2.24) is 4.98 Å². The molecular weight excluding hydrogens is 331 g/mol. The largest absolute Gasteiger partial charge is 0.378 e. The van der Waals surface area contributed by atoms with Crippen LogP contribution in [-0.2, 0) is 4.74 Å². The molecule has 0 aliphatic carbocycles. The van der Waals surface area contributed by atoms with E-state index >= 15 is 0 Å². The lowest BCUT2D eigenvalue weighted by atomic mass is 10.1. The molecule has 0 radical (unpaired) electrons. The zero-order valence-corrected chi connectivity index (χ0v) is 12.6. The molecule has 2 heterocycles. The van der Waals surface area contributed by atoms with Crippen molar-refractivity contribution in [1.29, 1.82) is 0 Å². The number of hydrogen-bond acceptors (Lipinski definition) is 5. The summed E-state index contributed by atoms with van der Waals surface area (Å²) in [6, 6.07) is 0.701. The minimum Gasteiger partial charge on any atom is -0.378 e. The van der Waals surface area contributed by atoms with Gasteiger partial charge in [-0.2, -0.15) is 0 Å². The Morgan fingerprint density at radius 1 is 1.26 bits per heavy atom. The highest BCUT2D eigenvalue weighted by molar-refractivity contribution is 7.13. The number of hydrogen-bond donors (Lipinski definition) is 1. The summed E-state index contributed by atoms with van der Waals surface area (Å²) in [5.41, 5.74) is -1.18. The van der Waals surface area contributed by atoms with Gasteiger partial charge in [-0.3, -0.25) is 10.1 Å². The van der Waals surface area contributed by atoms with Crippen LogP contribution in [0.25, 0.3) is 0 Å². The van der Waals surface area contributed by atoms with E-state index in [0.29, 0.717) is 19.3 Å². The molecule has 1 amide bonds. The van der Waals surface area contributed by atoms with Crippen LogP contribution in [0.15, 0.2) is 17.6 Å². The number of halogens is 3. The zero-order valence-electron chi connectivity index (χ0n) is 11.8. The van der Waals surface area contributed by atoms with Gasteiger partial charge in [-0.05, 0) is 6.07 Å². The van der Waals surface area contributed by atoms with Gasteiger partial charge in [0.2, 0.25) is 0 Å². The smallest absolute Gasteiger partial charge is 0.260 e.